The van der Waals surface area contributed by atoms with Gasteiger partial charge in [0.15, 0.2) is 5.36 Å². The number of nitro benzene ring substituents is 1. The van der Waals surface area contributed by atoms with Crippen molar-refractivity contribution in [3.05, 3.63) is 38.0 Å². The van der Waals surface area contributed by atoms with Crippen molar-refractivity contribution in [1.82, 2.24) is 0 Å². The Morgan fingerprint density at radius 2 is 1.76 bits per heavy atom. The van der Waals surface area contributed by atoms with Crippen molar-refractivity contribution in [2.24, 2.45) is 9.98 Å². The lowest BCUT2D eigenvalue weighted by Crippen LogP contribution is -2.37. The Balaban J connectivity index is 3.02. The summed E-state index contributed by atoms with van der Waals surface area (Å²) in [6.07, 6.45) is 0. The lowest BCUT2D eigenvalue weighted by atomic mass is 10.1. The molecule has 0 saturated carbocycles. The zero-order valence-electron chi connectivity index (χ0n) is 9.05. The predicted molar refractivity (Wildman–Crippen MR) is 54.9 cm³/mol. The van der Waals surface area contributed by atoms with Gasteiger partial charge in [0.1, 0.15) is 5.36 Å². The maximum Gasteiger partial charge on any atom is 0.338 e. The van der Waals surface area contributed by atoms with Gasteiger partial charge in [0, 0.05) is 5.56 Å². The van der Waals surface area contributed by atoms with Crippen molar-refractivity contribution in [2.45, 2.75) is 13.8 Å². The first-order chi connectivity index (χ1) is 7.91. The summed E-state index contributed by atoms with van der Waals surface area (Å²) in [5, 5.41) is 10.9. The van der Waals surface area contributed by atoms with Gasteiger partial charge in [0.05, 0.1) is 4.92 Å². The monoisotopic (exact) mass is 233 g/mol. The third-order valence-electron chi connectivity index (χ3n) is 2.57. The number of nitrogens with zero attached hydrogens (tertiary/aromatic N) is 3. The van der Waals surface area contributed by atoms with Crippen molar-refractivity contribution < 1.29 is 14.5 Å². The normalized spacial score (nSPS) is 13.8. The molecule has 1 aliphatic heterocycles. The largest absolute Gasteiger partial charge is 0.338 e. The molecule has 0 N–H and O–H groups in total. The Labute approximate surface area is 94.7 Å². The first-order valence-corrected chi connectivity index (χ1v) is 4.72. The molecule has 0 aliphatic carbocycles. The second-order valence-corrected chi connectivity index (χ2v) is 3.63. The molecule has 0 unspecified atom stereocenters. The molecular weight excluding hydrogens is 226 g/mol. The fourth-order valence-corrected chi connectivity index (χ4v) is 1.59. The third kappa shape index (κ3) is 1.61. The number of benzene rings is 1. The summed E-state index contributed by atoms with van der Waals surface area (Å²) in [6, 6.07) is 1.51. The van der Waals surface area contributed by atoms with Gasteiger partial charge in [-0.3, -0.25) is 19.7 Å². The minimum Gasteiger partial charge on any atom is -0.261 e. The van der Waals surface area contributed by atoms with Crippen molar-refractivity contribution in [2.75, 3.05) is 0 Å². The lowest BCUT2D eigenvalue weighted by Gasteiger charge is -2.04. The van der Waals surface area contributed by atoms with E-state index in [1.54, 1.807) is 13.8 Å². The van der Waals surface area contributed by atoms with Crippen molar-refractivity contribution >= 4 is 17.5 Å². The van der Waals surface area contributed by atoms with E-state index in [1.807, 2.05) is 0 Å². The van der Waals surface area contributed by atoms with Crippen LogP contribution in [-0.2, 0) is 9.59 Å². The van der Waals surface area contributed by atoms with Gasteiger partial charge in [-0.2, -0.15) is 4.99 Å². The van der Waals surface area contributed by atoms with Crippen LogP contribution < -0.4 is 10.7 Å². The van der Waals surface area contributed by atoms with Gasteiger partial charge >= 0.3 is 11.8 Å². The Kier molecular flexibility index (Phi) is 2.31. The van der Waals surface area contributed by atoms with Crippen LogP contribution in [0.15, 0.2) is 16.1 Å². The molecule has 17 heavy (non-hydrogen) atoms. The van der Waals surface area contributed by atoms with Crippen LogP contribution in [0.3, 0.4) is 0 Å². The average Bonchev–Trinajstić information content (AvgIpc) is 2.23. The molecule has 1 aliphatic rings. The lowest BCUT2D eigenvalue weighted by molar-refractivity contribution is -0.386. The van der Waals surface area contributed by atoms with Crippen LogP contribution in [0.25, 0.3) is 0 Å². The molecule has 0 atom stereocenters. The average molecular weight is 233 g/mol. The molecule has 0 aromatic heterocycles. The van der Waals surface area contributed by atoms with Crippen molar-refractivity contribution in [3.63, 3.8) is 0 Å². The Morgan fingerprint density at radius 3 is 2.35 bits per heavy atom. The van der Waals surface area contributed by atoms with Gasteiger partial charge in [-0.05, 0) is 25.5 Å². The Bertz CT molecular complexity index is 690. The number of carbonyl (C=O) groups excluding carboxylic acids is 2. The number of rotatable bonds is 1. The van der Waals surface area contributed by atoms with E-state index in [4.69, 9.17) is 0 Å². The molecule has 2 rings (SSSR count). The maximum absolute atomic E-state index is 11.1. The molecule has 1 aromatic carbocycles. The quantitative estimate of drug-likeness (QED) is 0.371. The molecule has 2 amide bonds. The number of hydrogen-bond donors (Lipinski definition) is 0. The molecule has 0 bridgehead atoms. The van der Waals surface area contributed by atoms with Gasteiger partial charge in [0.25, 0.3) is 5.69 Å². The van der Waals surface area contributed by atoms with E-state index in [2.05, 4.69) is 9.98 Å². The summed E-state index contributed by atoms with van der Waals surface area (Å²) in [5.41, 5.74) is 0.760. The first kappa shape index (κ1) is 11.1. The number of amides is 2. The summed E-state index contributed by atoms with van der Waals surface area (Å²) in [6.45, 7) is 3.23. The maximum atomic E-state index is 11.1. The standard InChI is InChI=1S/C10H7N3O4/c1-4-3-6-7(8(5(4)2)13(16)17)12-10(15)9(14)11-6/h3H,1-2H3. The Hall–Kier alpha value is -2.44. The van der Waals surface area contributed by atoms with Crippen LogP contribution in [0, 0.1) is 24.0 Å². The summed E-state index contributed by atoms with van der Waals surface area (Å²) in [4.78, 5) is 39.4. The highest BCUT2D eigenvalue weighted by molar-refractivity contribution is 6.36. The topological polar surface area (TPSA) is 102 Å². The van der Waals surface area contributed by atoms with Crippen LogP contribution >= 0.6 is 0 Å². The van der Waals surface area contributed by atoms with E-state index in [-0.39, 0.29) is 16.4 Å². The number of nitro groups is 1. The van der Waals surface area contributed by atoms with E-state index >= 15 is 0 Å². The predicted octanol–water partition coefficient (Wildman–Crippen LogP) is -0.482. The van der Waals surface area contributed by atoms with E-state index in [9.17, 15) is 19.7 Å². The van der Waals surface area contributed by atoms with Crippen molar-refractivity contribution in [1.29, 1.82) is 0 Å². The molecule has 0 radical (unpaired) electrons. The third-order valence-corrected chi connectivity index (χ3v) is 2.57. The molecule has 7 nitrogen and oxygen atoms in total. The fourth-order valence-electron chi connectivity index (χ4n) is 1.59. The highest BCUT2D eigenvalue weighted by Crippen LogP contribution is 2.14. The van der Waals surface area contributed by atoms with Crippen LogP contribution in [0.5, 0.6) is 0 Å². The SMILES string of the molecule is Cc1cc2c(c([N+](=O)[O-])c1C)=NC(=O)C(=O)N=2. The molecule has 1 aromatic rings. The molecule has 86 valence electrons. The van der Waals surface area contributed by atoms with E-state index in [0.717, 1.165) is 0 Å². The highest BCUT2D eigenvalue weighted by Gasteiger charge is 2.24. The second kappa shape index (κ2) is 3.55. The molecule has 0 fully saturated rings. The fraction of sp³-hybridized carbons (Fsp3) is 0.200. The van der Waals surface area contributed by atoms with E-state index < -0.39 is 16.7 Å². The number of aryl methyl sites for hydroxylation is 1. The van der Waals surface area contributed by atoms with Crippen LogP contribution in [0.2, 0.25) is 0 Å². The second-order valence-electron chi connectivity index (χ2n) is 3.63. The van der Waals surface area contributed by atoms with Gasteiger partial charge < -0.3 is 0 Å². The van der Waals surface area contributed by atoms with Crippen LogP contribution in [-0.4, -0.2) is 16.7 Å². The molecular formula is C10H7N3O4. The highest BCUT2D eigenvalue weighted by atomic mass is 16.6. The summed E-state index contributed by atoms with van der Waals surface area (Å²) < 4.78 is 0. The molecule has 0 spiro atoms. The minimum atomic E-state index is -1.08. The van der Waals surface area contributed by atoms with Crippen molar-refractivity contribution in [3.8, 4) is 0 Å². The molecule has 7 heteroatoms. The molecule has 0 saturated heterocycles. The van der Waals surface area contributed by atoms with E-state index in [1.165, 1.54) is 6.07 Å². The van der Waals surface area contributed by atoms with E-state index in [0.29, 0.717) is 11.1 Å². The Morgan fingerprint density at radius 1 is 1.18 bits per heavy atom. The summed E-state index contributed by atoms with van der Waals surface area (Å²) >= 11 is 0. The smallest absolute Gasteiger partial charge is 0.261 e. The zero-order chi connectivity index (χ0) is 12.7. The van der Waals surface area contributed by atoms with Crippen LogP contribution in [0.1, 0.15) is 11.1 Å². The van der Waals surface area contributed by atoms with Gasteiger partial charge in [-0.1, -0.05) is 0 Å². The first-order valence-electron chi connectivity index (χ1n) is 4.72. The number of hydrogen-bond acceptors (Lipinski definition) is 4. The summed E-state index contributed by atoms with van der Waals surface area (Å²) in [7, 11) is 0. The molecule has 1 heterocycles. The number of fused-ring (bicyclic) bond motifs is 1. The zero-order valence-corrected chi connectivity index (χ0v) is 9.05. The van der Waals surface area contributed by atoms with Crippen LogP contribution in [0.4, 0.5) is 5.69 Å². The van der Waals surface area contributed by atoms with Gasteiger partial charge in [-0.25, -0.2) is 4.99 Å². The van der Waals surface area contributed by atoms with Gasteiger partial charge in [0.2, 0.25) is 0 Å². The minimum absolute atomic E-state index is 0.0735. The van der Waals surface area contributed by atoms with Gasteiger partial charge in [-0.15, -0.1) is 0 Å². The number of carbonyl (C=O) groups is 2. The summed E-state index contributed by atoms with van der Waals surface area (Å²) in [5.74, 6) is -2.08.